The highest BCUT2D eigenvalue weighted by atomic mass is 32.2. The zero-order chi connectivity index (χ0) is 15.6. The number of rotatable bonds is 5. The summed E-state index contributed by atoms with van der Waals surface area (Å²) in [5.41, 5.74) is 2.01. The van der Waals surface area contributed by atoms with Gasteiger partial charge in [-0.3, -0.25) is 4.98 Å². The quantitative estimate of drug-likeness (QED) is 0.904. The molecule has 1 saturated heterocycles. The second-order valence-electron chi connectivity index (χ2n) is 5.84. The molecule has 1 N–H and O–H groups in total. The molecule has 4 nitrogen and oxygen atoms in total. The summed E-state index contributed by atoms with van der Waals surface area (Å²) in [5.74, 6) is 2.70. The first kappa shape index (κ1) is 15.3. The predicted molar refractivity (Wildman–Crippen MR) is 93.4 cm³/mol. The van der Waals surface area contributed by atoms with Crippen molar-refractivity contribution in [3.63, 3.8) is 0 Å². The van der Waals surface area contributed by atoms with E-state index in [0.717, 1.165) is 28.9 Å². The van der Waals surface area contributed by atoms with Crippen molar-refractivity contribution >= 4 is 28.4 Å². The number of nitrogens with one attached hydrogen (secondary N) is 1. The first-order chi connectivity index (χ1) is 10.6. The lowest BCUT2D eigenvalue weighted by Gasteiger charge is -2.24. The average Bonchev–Trinajstić information content (AvgIpc) is 2.98. The van der Waals surface area contributed by atoms with Gasteiger partial charge in [-0.25, -0.2) is 0 Å². The maximum absolute atomic E-state index is 5.41. The summed E-state index contributed by atoms with van der Waals surface area (Å²) in [6, 6.07) is 5.94. The van der Waals surface area contributed by atoms with Crippen LogP contribution >= 0.6 is 11.8 Å². The number of hydrogen-bond donors (Lipinski definition) is 1. The minimum atomic E-state index is 0.326. The molecule has 1 unspecified atom stereocenters. The van der Waals surface area contributed by atoms with Gasteiger partial charge in [-0.2, -0.15) is 11.8 Å². The molecular formula is C17H22N2O2S. The van der Waals surface area contributed by atoms with Gasteiger partial charge in [-0.05, 0) is 37.7 Å². The van der Waals surface area contributed by atoms with E-state index in [0.29, 0.717) is 10.5 Å². The van der Waals surface area contributed by atoms with E-state index in [2.05, 4.69) is 29.0 Å². The van der Waals surface area contributed by atoms with Gasteiger partial charge >= 0.3 is 0 Å². The van der Waals surface area contributed by atoms with E-state index in [1.807, 2.05) is 24.4 Å². The van der Waals surface area contributed by atoms with Gasteiger partial charge in [0.2, 0.25) is 0 Å². The number of thioether (sulfide) groups is 1. The van der Waals surface area contributed by atoms with E-state index in [1.54, 1.807) is 14.2 Å². The van der Waals surface area contributed by atoms with Crippen LogP contribution in [0.2, 0.25) is 0 Å². The Bertz CT molecular complexity index is 669. The summed E-state index contributed by atoms with van der Waals surface area (Å²) in [5, 5.41) is 4.66. The van der Waals surface area contributed by atoms with Crippen LogP contribution in [0.5, 0.6) is 11.5 Å². The highest BCUT2D eigenvalue weighted by Gasteiger charge is 2.29. The molecule has 0 aliphatic carbocycles. The Morgan fingerprint density at radius 2 is 2.05 bits per heavy atom. The van der Waals surface area contributed by atoms with E-state index in [-0.39, 0.29) is 0 Å². The number of methoxy groups -OCH3 is 2. The zero-order valence-corrected chi connectivity index (χ0v) is 14.1. The van der Waals surface area contributed by atoms with Crippen molar-refractivity contribution in [2.75, 3.05) is 31.8 Å². The molecule has 118 valence electrons. The summed E-state index contributed by atoms with van der Waals surface area (Å²) >= 11 is 2.06. The first-order valence-corrected chi connectivity index (χ1v) is 8.52. The van der Waals surface area contributed by atoms with Crippen molar-refractivity contribution in [3.8, 4) is 11.5 Å². The maximum atomic E-state index is 5.41. The SMILES string of the molecule is COc1cc2nccc(NCC3(C)CCCS3)c2cc1OC. The van der Waals surface area contributed by atoms with Crippen LogP contribution in [0.3, 0.4) is 0 Å². The molecule has 3 rings (SSSR count). The van der Waals surface area contributed by atoms with E-state index in [9.17, 15) is 0 Å². The minimum Gasteiger partial charge on any atom is -0.493 e. The minimum absolute atomic E-state index is 0.326. The third-order valence-electron chi connectivity index (χ3n) is 4.20. The van der Waals surface area contributed by atoms with Gasteiger partial charge in [0.1, 0.15) is 0 Å². The van der Waals surface area contributed by atoms with Crippen molar-refractivity contribution in [3.05, 3.63) is 24.4 Å². The summed E-state index contributed by atoms with van der Waals surface area (Å²) in [7, 11) is 3.30. The van der Waals surface area contributed by atoms with Crippen LogP contribution in [0.15, 0.2) is 24.4 Å². The highest BCUT2D eigenvalue weighted by molar-refractivity contribution is 8.00. The molecule has 1 aromatic heterocycles. The van der Waals surface area contributed by atoms with Gasteiger partial charge in [0.05, 0.1) is 19.7 Å². The number of pyridine rings is 1. The van der Waals surface area contributed by atoms with E-state index >= 15 is 0 Å². The highest BCUT2D eigenvalue weighted by Crippen LogP contribution is 2.39. The van der Waals surface area contributed by atoms with Crippen molar-refractivity contribution < 1.29 is 9.47 Å². The first-order valence-electron chi connectivity index (χ1n) is 7.54. The Morgan fingerprint density at radius 3 is 2.73 bits per heavy atom. The fraction of sp³-hybridized carbons (Fsp3) is 0.471. The summed E-state index contributed by atoms with van der Waals surface area (Å²) in [6.07, 6.45) is 4.41. The molecule has 2 heterocycles. The second-order valence-corrected chi connectivity index (χ2v) is 7.52. The number of nitrogens with zero attached hydrogens (tertiary/aromatic N) is 1. The molecule has 1 fully saturated rings. The normalized spacial score (nSPS) is 21.0. The van der Waals surface area contributed by atoms with Crippen LogP contribution in [0.4, 0.5) is 5.69 Å². The Hall–Kier alpha value is -1.62. The lowest BCUT2D eigenvalue weighted by molar-refractivity contribution is 0.356. The summed E-state index contributed by atoms with van der Waals surface area (Å²) in [6.45, 7) is 3.30. The smallest absolute Gasteiger partial charge is 0.162 e. The standard InChI is InChI=1S/C17H22N2O2S/c1-17(6-4-8-22-17)11-19-13-5-7-18-14-10-16(21-3)15(20-2)9-12(13)14/h5,7,9-10H,4,6,8,11H2,1-3H3,(H,18,19). The maximum Gasteiger partial charge on any atom is 0.162 e. The Balaban J connectivity index is 1.92. The van der Waals surface area contributed by atoms with Crippen molar-refractivity contribution in [1.82, 2.24) is 4.98 Å². The molecule has 22 heavy (non-hydrogen) atoms. The number of anilines is 1. The van der Waals surface area contributed by atoms with Crippen LogP contribution < -0.4 is 14.8 Å². The molecule has 1 atom stereocenters. The lowest BCUT2D eigenvalue weighted by atomic mass is 10.1. The molecule has 0 amide bonds. The van der Waals surface area contributed by atoms with Gasteiger partial charge in [0, 0.05) is 34.6 Å². The monoisotopic (exact) mass is 318 g/mol. The molecule has 0 bridgehead atoms. The van der Waals surface area contributed by atoms with Gasteiger partial charge in [-0.1, -0.05) is 0 Å². The number of fused-ring (bicyclic) bond motifs is 1. The average molecular weight is 318 g/mol. The molecule has 0 saturated carbocycles. The third kappa shape index (κ3) is 2.95. The van der Waals surface area contributed by atoms with Crippen molar-refractivity contribution in [2.24, 2.45) is 0 Å². The number of benzene rings is 1. The molecule has 1 aliphatic heterocycles. The molecule has 1 aliphatic rings. The Morgan fingerprint density at radius 1 is 1.27 bits per heavy atom. The fourth-order valence-electron chi connectivity index (χ4n) is 2.89. The van der Waals surface area contributed by atoms with Crippen LogP contribution in [-0.2, 0) is 0 Å². The Labute approximate surface area is 135 Å². The van der Waals surface area contributed by atoms with E-state index in [1.165, 1.54) is 18.6 Å². The predicted octanol–water partition coefficient (Wildman–Crippen LogP) is 3.95. The molecular weight excluding hydrogens is 296 g/mol. The van der Waals surface area contributed by atoms with E-state index < -0.39 is 0 Å². The molecule has 1 aromatic carbocycles. The van der Waals surface area contributed by atoms with Crippen molar-refractivity contribution in [2.45, 2.75) is 24.5 Å². The Kier molecular flexibility index (Phi) is 4.34. The molecule has 0 spiro atoms. The van der Waals surface area contributed by atoms with Crippen molar-refractivity contribution in [1.29, 1.82) is 0 Å². The summed E-state index contributed by atoms with van der Waals surface area (Å²) < 4.78 is 11.1. The zero-order valence-electron chi connectivity index (χ0n) is 13.3. The van der Waals surface area contributed by atoms with Crippen LogP contribution in [-0.4, -0.2) is 36.2 Å². The van der Waals surface area contributed by atoms with Crippen LogP contribution in [0, 0.1) is 0 Å². The second kappa shape index (κ2) is 6.24. The largest absolute Gasteiger partial charge is 0.493 e. The summed E-state index contributed by atoms with van der Waals surface area (Å²) in [4.78, 5) is 4.44. The van der Waals surface area contributed by atoms with Gasteiger partial charge in [0.25, 0.3) is 0 Å². The molecule has 2 aromatic rings. The fourth-order valence-corrected chi connectivity index (χ4v) is 4.13. The van der Waals surface area contributed by atoms with Gasteiger partial charge in [0.15, 0.2) is 11.5 Å². The van der Waals surface area contributed by atoms with Gasteiger partial charge in [-0.15, -0.1) is 0 Å². The molecule has 5 heteroatoms. The van der Waals surface area contributed by atoms with Crippen LogP contribution in [0.1, 0.15) is 19.8 Å². The van der Waals surface area contributed by atoms with Gasteiger partial charge < -0.3 is 14.8 Å². The topological polar surface area (TPSA) is 43.4 Å². The number of hydrogen-bond acceptors (Lipinski definition) is 5. The lowest BCUT2D eigenvalue weighted by Crippen LogP contribution is -2.27. The van der Waals surface area contributed by atoms with Crippen LogP contribution in [0.25, 0.3) is 10.9 Å². The third-order valence-corrected chi connectivity index (χ3v) is 5.74. The number of aromatic nitrogens is 1. The van der Waals surface area contributed by atoms with E-state index in [4.69, 9.17) is 9.47 Å². The number of ether oxygens (including phenoxy) is 2. The molecule has 0 radical (unpaired) electrons.